The molecule has 1 saturated carbocycles. The van der Waals surface area contributed by atoms with Crippen LogP contribution in [0.1, 0.15) is 35.5 Å². The lowest BCUT2D eigenvalue weighted by Crippen LogP contribution is -2.47. The van der Waals surface area contributed by atoms with Gasteiger partial charge < -0.3 is 14.7 Å². The van der Waals surface area contributed by atoms with Gasteiger partial charge in [0, 0.05) is 37.6 Å². The van der Waals surface area contributed by atoms with Crippen molar-refractivity contribution >= 4 is 11.9 Å². The average Bonchev–Trinajstić information content (AvgIpc) is 3.14. The van der Waals surface area contributed by atoms with Crippen LogP contribution in [-0.4, -0.2) is 45.1 Å². The Hall–Kier alpha value is -2.44. The highest BCUT2D eigenvalue weighted by atomic mass is 16.5. The van der Waals surface area contributed by atoms with E-state index >= 15 is 0 Å². The largest absolute Gasteiger partial charge is 0.361 e. The monoisotopic (exact) mass is 313 g/mol. The van der Waals surface area contributed by atoms with Gasteiger partial charge in [0.15, 0.2) is 5.69 Å². The standard InChI is InChI=1S/C16H19N5O2/c1-11-7-13(20-23-11)14(22)21-6-3-16(10-21)8-12(9-16)19-15-17-4-2-5-18-15/h2,4-5,7,12H,3,6,8-10H2,1H3,(H,17,18,19). The van der Waals surface area contributed by atoms with Gasteiger partial charge in [-0.3, -0.25) is 4.79 Å². The second kappa shape index (κ2) is 5.33. The molecule has 7 heteroatoms. The number of amides is 1. The van der Waals surface area contributed by atoms with Crippen molar-refractivity contribution in [3.63, 3.8) is 0 Å². The maximum Gasteiger partial charge on any atom is 0.276 e. The Bertz CT molecular complexity index is 708. The lowest BCUT2D eigenvalue weighted by Gasteiger charge is -2.45. The third kappa shape index (κ3) is 2.67. The van der Waals surface area contributed by atoms with Crippen LogP contribution in [-0.2, 0) is 0 Å². The van der Waals surface area contributed by atoms with E-state index in [1.165, 1.54) is 0 Å². The summed E-state index contributed by atoms with van der Waals surface area (Å²) < 4.78 is 5.00. The summed E-state index contributed by atoms with van der Waals surface area (Å²) in [5.41, 5.74) is 0.646. The molecule has 0 atom stereocenters. The quantitative estimate of drug-likeness (QED) is 0.931. The molecule has 1 aliphatic carbocycles. The first kappa shape index (κ1) is 14.2. The molecular formula is C16H19N5O2. The number of nitrogens with one attached hydrogen (secondary N) is 1. The van der Waals surface area contributed by atoms with Crippen LogP contribution in [0, 0.1) is 12.3 Å². The predicted octanol–water partition coefficient (Wildman–Crippen LogP) is 1.88. The van der Waals surface area contributed by atoms with Gasteiger partial charge in [0.1, 0.15) is 5.76 Å². The van der Waals surface area contributed by atoms with Crippen LogP contribution in [0.5, 0.6) is 0 Å². The number of nitrogens with zero attached hydrogens (tertiary/aromatic N) is 4. The molecule has 1 amide bonds. The second-order valence-corrected chi connectivity index (χ2v) is 6.62. The summed E-state index contributed by atoms with van der Waals surface area (Å²) in [7, 11) is 0. The fourth-order valence-electron chi connectivity index (χ4n) is 3.71. The molecule has 2 aliphatic rings. The van der Waals surface area contributed by atoms with Gasteiger partial charge in [-0.1, -0.05) is 5.16 Å². The summed E-state index contributed by atoms with van der Waals surface area (Å²) in [4.78, 5) is 22.7. The van der Waals surface area contributed by atoms with E-state index in [1.807, 2.05) is 4.90 Å². The zero-order valence-electron chi connectivity index (χ0n) is 13.0. The number of hydrogen-bond acceptors (Lipinski definition) is 6. The average molecular weight is 313 g/mol. The van der Waals surface area contributed by atoms with Crippen molar-refractivity contribution in [3.05, 3.63) is 36.0 Å². The predicted molar refractivity (Wildman–Crippen MR) is 82.9 cm³/mol. The van der Waals surface area contributed by atoms with E-state index in [9.17, 15) is 4.79 Å². The van der Waals surface area contributed by atoms with Crippen molar-refractivity contribution in [2.24, 2.45) is 5.41 Å². The molecular weight excluding hydrogens is 294 g/mol. The fraction of sp³-hybridized carbons (Fsp3) is 0.500. The molecule has 120 valence electrons. The van der Waals surface area contributed by atoms with E-state index < -0.39 is 0 Å². The molecule has 1 saturated heterocycles. The number of rotatable bonds is 3. The summed E-state index contributed by atoms with van der Waals surface area (Å²) >= 11 is 0. The van der Waals surface area contributed by atoms with E-state index in [2.05, 4.69) is 20.4 Å². The SMILES string of the molecule is Cc1cc(C(=O)N2CCC3(CC(Nc4ncccn4)C3)C2)no1. The summed E-state index contributed by atoms with van der Waals surface area (Å²) in [5, 5.41) is 7.18. The van der Waals surface area contributed by atoms with Gasteiger partial charge in [0.2, 0.25) is 5.95 Å². The minimum Gasteiger partial charge on any atom is -0.361 e. The number of carbonyl (C=O) groups excluding carboxylic acids is 1. The number of likely N-dealkylation sites (tertiary alicyclic amines) is 1. The highest BCUT2D eigenvalue weighted by molar-refractivity contribution is 5.92. The lowest BCUT2D eigenvalue weighted by molar-refractivity contribution is 0.0706. The van der Waals surface area contributed by atoms with E-state index in [0.29, 0.717) is 23.4 Å². The first-order chi connectivity index (χ1) is 11.1. The van der Waals surface area contributed by atoms with Crippen LogP contribution in [0.4, 0.5) is 5.95 Å². The van der Waals surface area contributed by atoms with E-state index in [1.54, 1.807) is 31.5 Å². The molecule has 3 heterocycles. The Morgan fingerprint density at radius 1 is 1.39 bits per heavy atom. The molecule has 2 fully saturated rings. The molecule has 1 N–H and O–H groups in total. The summed E-state index contributed by atoms with van der Waals surface area (Å²) in [6.07, 6.45) is 6.61. The van der Waals surface area contributed by atoms with Crippen molar-refractivity contribution in [1.29, 1.82) is 0 Å². The molecule has 7 nitrogen and oxygen atoms in total. The molecule has 1 aliphatic heterocycles. The number of hydrogen-bond donors (Lipinski definition) is 1. The maximum absolute atomic E-state index is 12.4. The molecule has 4 rings (SSSR count). The molecule has 2 aromatic heterocycles. The van der Waals surface area contributed by atoms with Gasteiger partial charge in [-0.15, -0.1) is 0 Å². The fourth-order valence-corrected chi connectivity index (χ4v) is 3.71. The van der Waals surface area contributed by atoms with Gasteiger partial charge >= 0.3 is 0 Å². The number of aryl methyl sites for hydroxylation is 1. The number of carbonyl (C=O) groups is 1. The minimum absolute atomic E-state index is 0.0264. The lowest BCUT2D eigenvalue weighted by atomic mass is 9.65. The third-order valence-corrected chi connectivity index (χ3v) is 4.83. The molecule has 2 aromatic rings. The molecule has 23 heavy (non-hydrogen) atoms. The van der Waals surface area contributed by atoms with Gasteiger partial charge in [0.25, 0.3) is 5.91 Å². The Labute approximate surface area is 134 Å². The molecule has 0 aromatic carbocycles. The van der Waals surface area contributed by atoms with Gasteiger partial charge in [-0.2, -0.15) is 0 Å². The van der Waals surface area contributed by atoms with Crippen molar-refractivity contribution < 1.29 is 9.32 Å². The normalized spacial score (nSPS) is 26.3. The first-order valence-corrected chi connectivity index (χ1v) is 7.90. The zero-order chi connectivity index (χ0) is 15.9. The van der Waals surface area contributed by atoms with Crippen LogP contribution in [0.3, 0.4) is 0 Å². The summed E-state index contributed by atoms with van der Waals surface area (Å²) in [5.74, 6) is 1.32. The van der Waals surface area contributed by atoms with Crippen LogP contribution < -0.4 is 5.32 Å². The zero-order valence-corrected chi connectivity index (χ0v) is 13.0. The Balaban J connectivity index is 1.34. The summed E-state index contributed by atoms with van der Waals surface area (Å²) in [6, 6.07) is 3.90. The van der Waals surface area contributed by atoms with Crippen LogP contribution in [0.2, 0.25) is 0 Å². The van der Waals surface area contributed by atoms with E-state index in [4.69, 9.17) is 4.52 Å². The van der Waals surface area contributed by atoms with Crippen molar-refractivity contribution in [3.8, 4) is 0 Å². The Morgan fingerprint density at radius 2 is 2.17 bits per heavy atom. The third-order valence-electron chi connectivity index (χ3n) is 4.83. The first-order valence-electron chi connectivity index (χ1n) is 7.90. The van der Waals surface area contributed by atoms with Gasteiger partial charge in [0.05, 0.1) is 0 Å². The van der Waals surface area contributed by atoms with Gasteiger partial charge in [-0.25, -0.2) is 9.97 Å². The summed E-state index contributed by atoms with van der Waals surface area (Å²) in [6.45, 7) is 3.38. The molecule has 0 unspecified atom stereocenters. The Kier molecular flexibility index (Phi) is 3.28. The highest BCUT2D eigenvalue weighted by Crippen LogP contribution is 2.49. The number of anilines is 1. The van der Waals surface area contributed by atoms with Crippen LogP contribution >= 0.6 is 0 Å². The minimum atomic E-state index is -0.0264. The highest BCUT2D eigenvalue weighted by Gasteiger charge is 2.49. The van der Waals surface area contributed by atoms with Crippen LogP contribution in [0.25, 0.3) is 0 Å². The second-order valence-electron chi connectivity index (χ2n) is 6.62. The molecule has 0 radical (unpaired) electrons. The topological polar surface area (TPSA) is 84.2 Å². The molecule has 0 bridgehead atoms. The van der Waals surface area contributed by atoms with Crippen molar-refractivity contribution in [1.82, 2.24) is 20.0 Å². The van der Waals surface area contributed by atoms with Crippen molar-refractivity contribution in [2.45, 2.75) is 32.2 Å². The maximum atomic E-state index is 12.4. The van der Waals surface area contributed by atoms with E-state index in [-0.39, 0.29) is 11.3 Å². The smallest absolute Gasteiger partial charge is 0.276 e. The van der Waals surface area contributed by atoms with Crippen LogP contribution in [0.15, 0.2) is 29.0 Å². The van der Waals surface area contributed by atoms with Crippen molar-refractivity contribution in [2.75, 3.05) is 18.4 Å². The number of aromatic nitrogens is 3. The molecule has 1 spiro atoms. The van der Waals surface area contributed by atoms with E-state index in [0.717, 1.165) is 32.4 Å². The van der Waals surface area contributed by atoms with Gasteiger partial charge in [-0.05, 0) is 37.7 Å². The Morgan fingerprint density at radius 3 is 2.87 bits per heavy atom.